The average molecular weight is 686 g/mol. The molecule has 0 saturated heterocycles. The molecule has 0 spiro atoms. The Bertz CT molecular complexity index is 3260. The summed E-state index contributed by atoms with van der Waals surface area (Å²) >= 11 is 0. The molecule has 11 rings (SSSR count). The number of para-hydroxylation sites is 2. The van der Waals surface area contributed by atoms with E-state index in [0.717, 1.165) is 66.1 Å². The van der Waals surface area contributed by atoms with Gasteiger partial charge in [0.05, 0.1) is 33.5 Å². The van der Waals surface area contributed by atoms with E-state index < -0.39 is 0 Å². The van der Waals surface area contributed by atoms with Crippen molar-refractivity contribution in [3.8, 4) is 44.8 Å². The molecule has 11 aromatic rings. The summed E-state index contributed by atoms with van der Waals surface area (Å²) in [6.07, 6.45) is 0. The zero-order valence-corrected chi connectivity index (χ0v) is 29.2. The summed E-state index contributed by atoms with van der Waals surface area (Å²) in [5, 5.41) is 9.31. The summed E-state index contributed by atoms with van der Waals surface area (Å²) in [5.41, 5.74) is 12.7. The molecule has 0 unspecified atom stereocenters. The topological polar surface area (TPSA) is 38.7 Å². The van der Waals surface area contributed by atoms with Crippen molar-refractivity contribution in [3.05, 3.63) is 188 Å². The van der Waals surface area contributed by atoms with E-state index in [1.54, 1.807) is 0 Å². The Balaban J connectivity index is 0.956. The van der Waals surface area contributed by atoms with Crippen LogP contribution in [0.4, 0.5) is 0 Å². The molecule has 0 saturated carbocycles. The average Bonchev–Trinajstić information content (AvgIpc) is 3.24. The van der Waals surface area contributed by atoms with Crippen LogP contribution in [0, 0.1) is 0 Å². The lowest BCUT2D eigenvalue weighted by atomic mass is 9.95. The summed E-state index contributed by atoms with van der Waals surface area (Å²) in [7, 11) is 0. The SMILES string of the molecule is c1ccc(-c2c3ccccc3nc3c2ccc2ccc(-c4ccc5cc6cc(-c7ccc(-c8ccc9ccccc9n8)cc7)ccc6cc5c4)nc23)cc1. The highest BCUT2D eigenvalue weighted by atomic mass is 14.8. The summed E-state index contributed by atoms with van der Waals surface area (Å²) in [5.74, 6) is 0. The quantitative estimate of drug-likeness (QED) is 0.137. The fourth-order valence-corrected chi connectivity index (χ4v) is 8.01. The first kappa shape index (κ1) is 30.4. The maximum atomic E-state index is 5.30. The van der Waals surface area contributed by atoms with Crippen molar-refractivity contribution < 1.29 is 0 Å². The van der Waals surface area contributed by atoms with Gasteiger partial charge in [0.2, 0.25) is 0 Å². The lowest BCUT2D eigenvalue weighted by Gasteiger charge is -2.13. The van der Waals surface area contributed by atoms with Gasteiger partial charge in [0, 0.05) is 38.2 Å². The van der Waals surface area contributed by atoms with E-state index in [-0.39, 0.29) is 0 Å². The van der Waals surface area contributed by atoms with Crippen LogP contribution >= 0.6 is 0 Å². The molecule has 0 aliphatic heterocycles. The van der Waals surface area contributed by atoms with E-state index in [1.807, 2.05) is 12.1 Å². The zero-order chi connectivity index (χ0) is 35.6. The number of rotatable bonds is 4. The minimum atomic E-state index is 0.917. The number of fused-ring (bicyclic) bond motifs is 7. The fraction of sp³-hybridized carbons (Fsp3) is 0. The van der Waals surface area contributed by atoms with Crippen LogP contribution in [-0.4, -0.2) is 15.0 Å². The third kappa shape index (κ3) is 5.09. The van der Waals surface area contributed by atoms with Crippen LogP contribution in [0.25, 0.3) is 110 Å². The van der Waals surface area contributed by atoms with Gasteiger partial charge in [-0.05, 0) is 86.8 Å². The van der Waals surface area contributed by atoms with Crippen molar-refractivity contribution in [2.75, 3.05) is 0 Å². The molecule has 0 aliphatic carbocycles. The molecule has 54 heavy (non-hydrogen) atoms. The summed E-state index contributed by atoms with van der Waals surface area (Å²) < 4.78 is 0. The smallest absolute Gasteiger partial charge is 0.0978 e. The highest BCUT2D eigenvalue weighted by Crippen LogP contribution is 2.38. The van der Waals surface area contributed by atoms with Gasteiger partial charge in [-0.2, -0.15) is 0 Å². The molecule has 0 atom stereocenters. The predicted octanol–water partition coefficient (Wildman–Crippen LogP) is 13.5. The minimum absolute atomic E-state index is 0.917. The van der Waals surface area contributed by atoms with E-state index in [0.29, 0.717) is 0 Å². The molecular formula is C51H31N3. The van der Waals surface area contributed by atoms with Crippen molar-refractivity contribution in [3.63, 3.8) is 0 Å². The second-order valence-corrected chi connectivity index (χ2v) is 14.0. The van der Waals surface area contributed by atoms with Gasteiger partial charge in [-0.3, -0.25) is 0 Å². The summed E-state index contributed by atoms with van der Waals surface area (Å²) in [6.45, 7) is 0. The van der Waals surface area contributed by atoms with Crippen LogP contribution < -0.4 is 0 Å². The predicted molar refractivity (Wildman–Crippen MR) is 227 cm³/mol. The third-order valence-electron chi connectivity index (χ3n) is 10.8. The van der Waals surface area contributed by atoms with Gasteiger partial charge in [0.15, 0.2) is 0 Å². The van der Waals surface area contributed by atoms with Gasteiger partial charge < -0.3 is 0 Å². The molecule has 3 nitrogen and oxygen atoms in total. The Kier molecular flexibility index (Phi) is 6.86. The van der Waals surface area contributed by atoms with Crippen LogP contribution in [0.2, 0.25) is 0 Å². The van der Waals surface area contributed by atoms with Crippen LogP contribution in [0.1, 0.15) is 0 Å². The first-order valence-electron chi connectivity index (χ1n) is 18.3. The monoisotopic (exact) mass is 685 g/mol. The second-order valence-electron chi connectivity index (χ2n) is 14.0. The van der Waals surface area contributed by atoms with Crippen molar-refractivity contribution in [1.82, 2.24) is 15.0 Å². The molecule has 8 aromatic carbocycles. The molecule has 250 valence electrons. The Hall–Kier alpha value is -7.23. The van der Waals surface area contributed by atoms with Gasteiger partial charge in [0.25, 0.3) is 0 Å². The number of nitrogens with zero attached hydrogens (tertiary/aromatic N) is 3. The number of hydrogen-bond donors (Lipinski definition) is 0. The van der Waals surface area contributed by atoms with Crippen LogP contribution in [-0.2, 0) is 0 Å². The van der Waals surface area contributed by atoms with Crippen molar-refractivity contribution in [2.45, 2.75) is 0 Å². The molecule has 0 aliphatic rings. The summed E-state index contributed by atoms with van der Waals surface area (Å²) in [4.78, 5) is 15.4. The van der Waals surface area contributed by atoms with Crippen LogP contribution in [0.3, 0.4) is 0 Å². The highest BCUT2D eigenvalue weighted by molar-refractivity contribution is 6.16. The largest absolute Gasteiger partial charge is 0.248 e. The van der Waals surface area contributed by atoms with E-state index in [2.05, 4.69) is 176 Å². The first-order chi connectivity index (χ1) is 26.7. The molecule has 3 heterocycles. The van der Waals surface area contributed by atoms with Gasteiger partial charge >= 0.3 is 0 Å². The second kappa shape index (κ2) is 12.2. The first-order valence-corrected chi connectivity index (χ1v) is 18.3. The van der Waals surface area contributed by atoms with Gasteiger partial charge in [0.1, 0.15) is 0 Å². The Labute approximate surface area is 311 Å². The van der Waals surface area contributed by atoms with Crippen molar-refractivity contribution in [2.24, 2.45) is 0 Å². The number of benzene rings is 8. The van der Waals surface area contributed by atoms with E-state index in [1.165, 1.54) is 43.8 Å². The van der Waals surface area contributed by atoms with Crippen molar-refractivity contribution in [1.29, 1.82) is 0 Å². The lowest BCUT2D eigenvalue weighted by molar-refractivity contribution is 1.40. The van der Waals surface area contributed by atoms with Gasteiger partial charge in [-0.1, -0.05) is 140 Å². The van der Waals surface area contributed by atoms with Gasteiger partial charge in [-0.15, -0.1) is 0 Å². The Morgan fingerprint density at radius 1 is 0.259 bits per heavy atom. The standard InChI is InChI=1S/C51H31N3/c1-2-9-35(10-3-1)49-43-11-5-7-13-48(43)54-51-44(49)25-22-36-24-27-47(53-50(36)51)40-21-20-39-29-41-28-37(18-19-38(41)30-42(39)31-40)32-14-16-34(17-15-32)46-26-23-33-8-4-6-12-45(33)52-46/h1-31H. The van der Waals surface area contributed by atoms with Gasteiger partial charge in [-0.25, -0.2) is 15.0 Å². The zero-order valence-electron chi connectivity index (χ0n) is 29.2. The van der Waals surface area contributed by atoms with Crippen LogP contribution in [0.15, 0.2) is 188 Å². The molecule has 0 radical (unpaired) electrons. The Morgan fingerprint density at radius 3 is 1.67 bits per heavy atom. The normalized spacial score (nSPS) is 11.7. The third-order valence-corrected chi connectivity index (χ3v) is 10.8. The van der Waals surface area contributed by atoms with E-state index in [4.69, 9.17) is 15.0 Å². The maximum Gasteiger partial charge on any atom is 0.0978 e. The number of hydrogen-bond acceptors (Lipinski definition) is 3. The fourth-order valence-electron chi connectivity index (χ4n) is 8.01. The lowest BCUT2D eigenvalue weighted by Crippen LogP contribution is -1.93. The highest BCUT2D eigenvalue weighted by Gasteiger charge is 2.15. The molecule has 3 heteroatoms. The van der Waals surface area contributed by atoms with E-state index >= 15 is 0 Å². The van der Waals surface area contributed by atoms with Crippen LogP contribution in [0.5, 0.6) is 0 Å². The maximum absolute atomic E-state index is 5.30. The molecule has 0 amide bonds. The molecule has 0 fully saturated rings. The van der Waals surface area contributed by atoms with E-state index in [9.17, 15) is 0 Å². The minimum Gasteiger partial charge on any atom is -0.248 e. The molecule has 0 N–H and O–H groups in total. The number of pyridine rings is 3. The van der Waals surface area contributed by atoms with Crippen molar-refractivity contribution >= 4 is 65.2 Å². The Morgan fingerprint density at radius 2 is 0.852 bits per heavy atom. The number of aromatic nitrogens is 3. The molecule has 3 aromatic heterocycles. The summed E-state index contributed by atoms with van der Waals surface area (Å²) in [6, 6.07) is 66.9. The molecule has 0 bridgehead atoms. The molecular weight excluding hydrogens is 655 g/mol.